The number of anilines is 1. The van der Waals surface area contributed by atoms with Crippen molar-refractivity contribution in [3.05, 3.63) is 23.7 Å². The first-order chi connectivity index (χ1) is 8.19. The molecule has 3 N–H and O–H groups in total. The predicted octanol–water partition coefficient (Wildman–Crippen LogP) is 0.468. The smallest absolute Gasteiger partial charge is 0.360 e. The number of nitrogen functional groups attached to an aromatic ring is 1. The van der Waals surface area contributed by atoms with Gasteiger partial charge in [-0.25, -0.2) is 14.8 Å². The van der Waals surface area contributed by atoms with Gasteiger partial charge in [0.05, 0.1) is 19.0 Å². The number of carbonyl (C=O) groups excluding carboxylic acids is 1. The van der Waals surface area contributed by atoms with E-state index in [1.54, 1.807) is 6.08 Å². The van der Waals surface area contributed by atoms with Crippen molar-refractivity contribution < 1.29 is 9.53 Å². The Bertz CT molecular complexity index is 418. The lowest BCUT2D eigenvalue weighted by molar-refractivity contribution is 0.0595. The summed E-state index contributed by atoms with van der Waals surface area (Å²) in [6, 6.07) is 0. The summed E-state index contributed by atoms with van der Waals surface area (Å²) in [5.74, 6) is -0.510. The molecule has 1 heterocycles. The molecule has 0 spiro atoms. The van der Waals surface area contributed by atoms with Crippen molar-refractivity contribution in [1.29, 1.82) is 0 Å². The molecule has 0 aromatic carbocycles. The molecule has 0 bridgehead atoms. The number of carbonyl (C=O) groups is 1. The number of hydrogen-bond donors (Lipinski definition) is 2. The van der Waals surface area contributed by atoms with Crippen LogP contribution in [0.1, 0.15) is 22.6 Å². The third-order valence-electron chi connectivity index (χ3n) is 2.05. The maximum absolute atomic E-state index is 11.3. The van der Waals surface area contributed by atoms with Crippen LogP contribution in [0, 0.1) is 0 Å². The molecule has 92 valence electrons. The number of aromatic nitrogens is 2. The van der Waals surface area contributed by atoms with Crippen molar-refractivity contribution in [2.45, 2.75) is 6.42 Å². The number of nitrogens with two attached hydrogens (primary N) is 1. The van der Waals surface area contributed by atoms with Gasteiger partial charge in [-0.1, -0.05) is 6.08 Å². The molecule has 1 aromatic rings. The van der Waals surface area contributed by atoms with Gasteiger partial charge >= 0.3 is 5.97 Å². The van der Waals surface area contributed by atoms with Gasteiger partial charge in [-0.15, -0.1) is 0 Å². The van der Waals surface area contributed by atoms with E-state index in [0.717, 1.165) is 13.0 Å². The van der Waals surface area contributed by atoms with Crippen LogP contribution in [-0.2, 0) is 4.74 Å². The fourth-order valence-electron chi connectivity index (χ4n) is 1.17. The standard InChI is InChI=1S/C11H16N4O2/c1-13-6-4-3-5-8-7-14-10(12)9(15-8)11(16)17-2/h3,5,7,13H,4,6H2,1-2H3,(H2,12,14). The molecule has 0 fully saturated rings. The highest BCUT2D eigenvalue weighted by Gasteiger charge is 2.12. The molecule has 0 aliphatic heterocycles. The van der Waals surface area contributed by atoms with Gasteiger partial charge in [0.25, 0.3) is 0 Å². The van der Waals surface area contributed by atoms with Crippen molar-refractivity contribution in [1.82, 2.24) is 15.3 Å². The van der Waals surface area contributed by atoms with Crippen LogP contribution in [-0.4, -0.2) is 36.6 Å². The van der Waals surface area contributed by atoms with Crippen molar-refractivity contribution >= 4 is 17.9 Å². The molecule has 6 heteroatoms. The summed E-state index contributed by atoms with van der Waals surface area (Å²) in [5.41, 5.74) is 6.16. The Balaban J connectivity index is 2.81. The van der Waals surface area contributed by atoms with Crippen LogP contribution in [0.25, 0.3) is 6.08 Å². The Morgan fingerprint density at radius 3 is 3.06 bits per heavy atom. The van der Waals surface area contributed by atoms with Gasteiger partial charge in [0.2, 0.25) is 0 Å². The van der Waals surface area contributed by atoms with Gasteiger partial charge in [-0.2, -0.15) is 0 Å². The third kappa shape index (κ3) is 3.84. The number of nitrogens with one attached hydrogen (secondary N) is 1. The predicted molar refractivity (Wildman–Crippen MR) is 65.4 cm³/mol. The van der Waals surface area contributed by atoms with E-state index >= 15 is 0 Å². The van der Waals surface area contributed by atoms with E-state index in [1.807, 2.05) is 13.1 Å². The second-order valence-corrected chi connectivity index (χ2v) is 3.31. The molecule has 0 radical (unpaired) electrons. The van der Waals surface area contributed by atoms with E-state index in [2.05, 4.69) is 20.0 Å². The zero-order valence-corrected chi connectivity index (χ0v) is 9.93. The van der Waals surface area contributed by atoms with Crippen LogP contribution in [0.4, 0.5) is 5.82 Å². The van der Waals surface area contributed by atoms with Crippen molar-refractivity contribution in [2.24, 2.45) is 0 Å². The highest BCUT2D eigenvalue weighted by atomic mass is 16.5. The highest BCUT2D eigenvalue weighted by Crippen LogP contribution is 2.08. The molecule has 0 aliphatic rings. The molecule has 1 rings (SSSR count). The zero-order chi connectivity index (χ0) is 12.7. The highest BCUT2D eigenvalue weighted by molar-refractivity contribution is 5.91. The van der Waals surface area contributed by atoms with Crippen LogP contribution >= 0.6 is 0 Å². The van der Waals surface area contributed by atoms with Crippen LogP contribution < -0.4 is 11.1 Å². The van der Waals surface area contributed by atoms with Crippen molar-refractivity contribution in [3.8, 4) is 0 Å². The van der Waals surface area contributed by atoms with Gasteiger partial charge < -0.3 is 15.8 Å². The van der Waals surface area contributed by atoms with E-state index in [9.17, 15) is 4.79 Å². The summed E-state index contributed by atoms with van der Waals surface area (Å²) in [6.07, 6.45) is 6.11. The molecule has 17 heavy (non-hydrogen) atoms. The minimum absolute atomic E-state index is 0.0447. The van der Waals surface area contributed by atoms with Gasteiger partial charge in [-0.05, 0) is 26.1 Å². The number of rotatable bonds is 5. The first-order valence-electron chi connectivity index (χ1n) is 5.21. The summed E-state index contributed by atoms with van der Waals surface area (Å²) in [7, 11) is 3.16. The maximum atomic E-state index is 11.3. The van der Waals surface area contributed by atoms with Crippen LogP contribution in [0.5, 0.6) is 0 Å². The SMILES string of the molecule is CNCCC=Cc1cnc(N)c(C(=O)OC)n1. The molecule has 0 atom stereocenters. The summed E-state index contributed by atoms with van der Waals surface area (Å²) >= 11 is 0. The molecular weight excluding hydrogens is 220 g/mol. The number of methoxy groups -OCH3 is 1. The Hall–Kier alpha value is -1.95. The quantitative estimate of drug-likeness (QED) is 0.570. The van der Waals surface area contributed by atoms with Gasteiger partial charge in [0, 0.05) is 0 Å². The molecule has 6 nitrogen and oxygen atoms in total. The number of hydrogen-bond acceptors (Lipinski definition) is 6. The Labute approximate surface area is 99.9 Å². The minimum Gasteiger partial charge on any atom is -0.464 e. The van der Waals surface area contributed by atoms with E-state index in [4.69, 9.17) is 5.73 Å². The van der Waals surface area contributed by atoms with E-state index in [0.29, 0.717) is 5.69 Å². The second kappa shape index (κ2) is 6.59. The maximum Gasteiger partial charge on any atom is 0.360 e. The second-order valence-electron chi connectivity index (χ2n) is 3.31. The fourth-order valence-corrected chi connectivity index (χ4v) is 1.17. The van der Waals surface area contributed by atoms with Gasteiger partial charge in [0.1, 0.15) is 0 Å². The number of nitrogens with zero attached hydrogens (tertiary/aromatic N) is 2. The molecule has 0 saturated heterocycles. The van der Waals surface area contributed by atoms with Gasteiger partial charge in [-0.3, -0.25) is 0 Å². The van der Waals surface area contributed by atoms with Crippen molar-refractivity contribution in [2.75, 3.05) is 26.4 Å². The number of esters is 1. The fraction of sp³-hybridized carbons (Fsp3) is 0.364. The zero-order valence-electron chi connectivity index (χ0n) is 9.93. The topological polar surface area (TPSA) is 90.1 Å². The largest absolute Gasteiger partial charge is 0.464 e. The lowest BCUT2D eigenvalue weighted by Gasteiger charge is -2.02. The first-order valence-corrected chi connectivity index (χ1v) is 5.21. The molecule has 0 amide bonds. The summed E-state index contributed by atoms with van der Waals surface area (Å²) in [5, 5.41) is 3.02. The Morgan fingerprint density at radius 2 is 2.41 bits per heavy atom. The first kappa shape index (κ1) is 13.1. The average Bonchev–Trinajstić information content (AvgIpc) is 2.35. The average molecular weight is 236 g/mol. The van der Waals surface area contributed by atoms with Crippen LogP contribution in [0.2, 0.25) is 0 Å². The summed E-state index contributed by atoms with van der Waals surface area (Å²) in [6.45, 7) is 0.878. The lowest BCUT2D eigenvalue weighted by Crippen LogP contribution is -2.10. The Morgan fingerprint density at radius 1 is 1.65 bits per heavy atom. The van der Waals surface area contributed by atoms with E-state index < -0.39 is 5.97 Å². The Kier molecular flexibility index (Phi) is 5.09. The molecule has 0 saturated carbocycles. The molecule has 0 aliphatic carbocycles. The van der Waals surface area contributed by atoms with E-state index in [-0.39, 0.29) is 11.5 Å². The van der Waals surface area contributed by atoms with Crippen molar-refractivity contribution in [3.63, 3.8) is 0 Å². The summed E-state index contributed by atoms with van der Waals surface area (Å²) < 4.78 is 4.56. The minimum atomic E-state index is -0.583. The van der Waals surface area contributed by atoms with Crippen LogP contribution in [0.3, 0.4) is 0 Å². The third-order valence-corrected chi connectivity index (χ3v) is 2.05. The van der Waals surface area contributed by atoms with Gasteiger partial charge in [0.15, 0.2) is 11.5 Å². The molecule has 0 unspecified atom stereocenters. The summed E-state index contributed by atoms with van der Waals surface area (Å²) in [4.78, 5) is 19.3. The molecule has 1 aromatic heterocycles. The van der Waals surface area contributed by atoms with E-state index in [1.165, 1.54) is 13.3 Å². The van der Waals surface area contributed by atoms with Crippen LogP contribution in [0.15, 0.2) is 12.3 Å². The lowest BCUT2D eigenvalue weighted by atomic mass is 10.3. The molecular formula is C11H16N4O2. The normalized spacial score (nSPS) is 10.7. The number of ether oxygens (including phenoxy) is 1. The monoisotopic (exact) mass is 236 g/mol.